The zero-order chi connectivity index (χ0) is 21.4. The number of sulfonamides is 1. The third-order valence-electron chi connectivity index (χ3n) is 5.30. The van der Waals surface area contributed by atoms with Gasteiger partial charge in [0.05, 0.1) is 27.8 Å². The van der Waals surface area contributed by atoms with E-state index in [-0.39, 0.29) is 15.2 Å². The number of nitrogens with zero attached hydrogens (tertiary/aromatic N) is 4. The predicted octanol–water partition coefficient (Wildman–Crippen LogP) is 3.57. The van der Waals surface area contributed by atoms with Crippen LogP contribution in [0.25, 0.3) is 28.1 Å². The molecule has 0 aliphatic carbocycles. The topological polar surface area (TPSA) is 118 Å². The second kappa shape index (κ2) is 7.60. The van der Waals surface area contributed by atoms with Gasteiger partial charge in [-0.05, 0) is 36.3 Å². The lowest BCUT2D eigenvalue weighted by Gasteiger charge is -2.25. The number of aromatic amines is 1. The molecule has 0 spiro atoms. The number of hydrogen-bond acceptors (Lipinski definition) is 6. The standard InChI is InChI=1S/C22H20N6O2S.2H2/c23-21-20(22-26-17-8-4-5-9-18(17)27-22)25-19(14-24-21)15-10-12-28(13-11-15)31(29,30)16-6-2-1-3-7-16;;/h1-10,14H,11-13H2,(H2,23,24)(H,26,27);2*1H. The van der Waals surface area contributed by atoms with E-state index in [0.717, 1.165) is 16.6 Å². The fourth-order valence-electron chi connectivity index (χ4n) is 3.64. The third kappa shape index (κ3) is 3.58. The van der Waals surface area contributed by atoms with Gasteiger partial charge in [-0.25, -0.2) is 23.4 Å². The number of fused-ring (bicyclic) bond motifs is 1. The molecule has 0 saturated carbocycles. The maximum absolute atomic E-state index is 12.8. The number of nitrogens with two attached hydrogens (primary N) is 1. The number of para-hydroxylation sites is 2. The quantitative estimate of drug-likeness (QED) is 0.505. The van der Waals surface area contributed by atoms with Crippen LogP contribution in [0.5, 0.6) is 0 Å². The Balaban J connectivity index is 0.00000153. The summed E-state index contributed by atoms with van der Waals surface area (Å²) in [7, 11) is -3.52. The van der Waals surface area contributed by atoms with Crippen molar-refractivity contribution in [3.05, 3.63) is 72.6 Å². The molecule has 3 heterocycles. The molecule has 9 heteroatoms. The zero-order valence-electron chi connectivity index (χ0n) is 16.6. The largest absolute Gasteiger partial charge is 0.382 e. The number of imidazole rings is 1. The Kier molecular flexibility index (Phi) is 4.76. The van der Waals surface area contributed by atoms with Crippen LogP contribution in [0.15, 0.2) is 71.8 Å². The van der Waals surface area contributed by atoms with Gasteiger partial charge in [0.25, 0.3) is 0 Å². The van der Waals surface area contributed by atoms with Crippen molar-refractivity contribution in [1.82, 2.24) is 24.2 Å². The molecule has 8 nitrogen and oxygen atoms in total. The average molecular weight is 437 g/mol. The number of aromatic nitrogens is 4. The molecule has 0 fully saturated rings. The molecule has 1 aliphatic rings. The van der Waals surface area contributed by atoms with Gasteiger partial charge in [0.1, 0.15) is 5.69 Å². The summed E-state index contributed by atoms with van der Waals surface area (Å²) in [6.45, 7) is 0.647. The summed E-state index contributed by atoms with van der Waals surface area (Å²) in [5.74, 6) is 0.838. The van der Waals surface area contributed by atoms with Crippen LogP contribution in [-0.2, 0) is 10.0 Å². The molecule has 0 amide bonds. The van der Waals surface area contributed by atoms with Crippen LogP contribution >= 0.6 is 0 Å². The Labute approximate surface area is 182 Å². The number of rotatable bonds is 4. The van der Waals surface area contributed by atoms with Crippen LogP contribution in [0.4, 0.5) is 5.82 Å². The highest BCUT2D eigenvalue weighted by Gasteiger charge is 2.26. The van der Waals surface area contributed by atoms with Gasteiger partial charge in [0.15, 0.2) is 11.6 Å². The smallest absolute Gasteiger partial charge is 0.243 e. The number of nitrogen functional groups attached to an aromatic ring is 1. The summed E-state index contributed by atoms with van der Waals surface area (Å²) in [6, 6.07) is 16.2. The van der Waals surface area contributed by atoms with Crippen molar-refractivity contribution in [1.29, 1.82) is 0 Å². The fraction of sp³-hybridized carbons (Fsp3) is 0.136. The van der Waals surface area contributed by atoms with Crippen LogP contribution < -0.4 is 5.73 Å². The van der Waals surface area contributed by atoms with Gasteiger partial charge in [0.2, 0.25) is 10.0 Å². The van der Waals surface area contributed by atoms with E-state index in [1.807, 2.05) is 30.3 Å². The van der Waals surface area contributed by atoms with E-state index >= 15 is 0 Å². The highest BCUT2D eigenvalue weighted by atomic mass is 32.2. The fourth-order valence-corrected chi connectivity index (χ4v) is 5.04. The first-order chi connectivity index (χ1) is 15.0. The molecular formula is C22H24N6O2S. The minimum atomic E-state index is -3.52. The van der Waals surface area contributed by atoms with E-state index in [4.69, 9.17) is 5.73 Å². The molecule has 4 aromatic rings. The van der Waals surface area contributed by atoms with E-state index in [0.29, 0.717) is 35.1 Å². The lowest BCUT2D eigenvalue weighted by molar-refractivity contribution is 0.441. The summed E-state index contributed by atoms with van der Waals surface area (Å²) in [6.07, 6.45) is 4.03. The summed E-state index contributed by atoms with van der Waals surface area (Å²) >= 11 is 0. The molecule has 160 valence electrons. The molecule has 0 saturated heterocycles. The molecule has 0 bridgehead atoms. The minimum Gasteiger partial charge on any atom is -0.382 e. The second-order valence-corrected chi connectivity index (χ2v) is 9.19. The van der Waals surface area contributed by atoms with Crippen molar-refractivity contribution in [2.45, 2.75) is 11.3 Å². The van der Waals surface area contributed by atoms with Crippen LogP contribution in [0.3, 0.4) is 0 Å². The third-order valence-corrected chi connectivity index (χ3v) is 7.18. The molecule has 5 rings (SSSR count). The molecule has 3 N–H and O–H groups in total. The van der Waals surface area contributed by atoms with Crippen molar-refractivity contribution >= 4 is 32.4 Å². The van der Waals surface area contributed by atoms with Gasteiger partial charge < -0.3 is 10.7 Å². The second-order valence-electron chi connectivity index (χ2n) is 7.25. The molecule has 2 aromatic heterocycles. The van der Waals surface area contributed by atoms with Crippen molar-refractivity contribution in [2.24, 2.45) is 0 Å². The maximum atomic E-state index is 12.8. The van der Waals surface area contributed by atoms with Crippen molar-refractivity contribution in [3.8, 4) is 11.5 Å². The number of H-pyrrole nitrogens is 1. The highest BCUT2D eigenvalue weighted by molar-refractivity contribution is 7.89. The predicted molar refractivity (Wildman–Crippen MR) is 124 cm³/mol. The average Bonchev–Trinajstić information content (AvgIpc) is 3.24. The Bertz CT molecular complexity index is 1370. The van der Waals surface area contributed by atoms with Gasteiger partial charge >= 0.3 is 0 Å². The van der Waals surface area contributed by atoms with Crippen LogP contribution in [0, 0.1) is 0 Å². The van der Waals surface area contributed by atoms with E-state index in [9.17, 15) is 8.42 Å². The summed E-state index contributed by atoms with van der Waals surface area (Å²) in [5, 5.41) is 0. The van der Waals surface area contributed by atoms with Crippen LogP contribution in [0.1, 0.15) is 15.0 Å². The Morgan fingerprint density at radius 1 is 1.03 bits per heavy atom. The lowest BCUT2D eigenvalue weighted by Crippen LogP contribution is -2.34. The Hall–Kier alpha value is -3.56. The van der Waals surface area contributed by atoms with Gasteiger partial charge in [-0.3, -0.25) is 0 Å². The van der Waals surface area contributed by atoms with Crippen LogP contribution in [-0.4, -0.2) is 45.7 Å². The molecule has 0 atom stereocenters. The maximum Gasteiger partial charge on any atom is 0.243 e. The lowest BCUT2D eigenvalue weighted by atomic mass is 10.1. The number of nitrogens with one attached hydrogen (secondary N) is 1. The first-order valence-corrected chi connectivity index (χ1v) is 11.3. The van der Waals surface area contributed by atoms with Gasteiger partial charge in [-0.1, -0.05) is 36.4 Å². The molecule has 1 aliphatic heterocycles. The summed E-state index contributed by atoms with van der Waals surface area (Å²) < 4.78 is 27.1. The first kappa shape index (κ1) is 19.4. The minimum absolute atomic E-state index is 0. The van der Waals surface area contributed by atoms with Crippen molar-refractivity contribution in [3.63, 3.8) is 0 Å². The van der Waals surface area contributed by atoms with Gasteiger partial charge in [-0.15, -0.1) is 0 Å². The van der Waals surface area contributed by atoms with Crippen molar-refractivity contribution in [2.75, 3.05) is 18.8 Å². The van der Waals surface area contributed by atoms with Gasteiger partial charge in [0, 0.05) is 15.9 Å². The molecule has 0 radical (unpaired) electrons. The van der Waals surface area contributed by atoms with Gasteiger partial charge in [-0.2, -0.15) is 4.31 Å². The van der Waals surface area contributed by atoms with Crippen LogP contribution in [0.2, 0.25) is 0 Å². The molecular weight excluding hydrogens is 412 g/mol. The molecule has 2 aromatic carbocycles. The van der Waals surface area contributed by atoms with Crippen molar-refractivity contribution < 1.29 is 11.3 Å². The SMILES string of the molecule is Nc1ncc(C2=CCN(S(=O)(=O)c3ccccc3)CC2)nc1-c1nc2ccccc2[nH]1.[HH].[HH]. The van der Waals surface area contributed by atoms with E-state index in [2.05, 4.69) is 19.9 Å². The van der Waals surface area contributed by atoms with E-state index in [1.165, 1.54) is 4.31 Å². The summed E-state index contributed by atoms with van der Waals surface area (Å²) in [5.41, 5.74) is 9.87. The molecule has 0 unspecified atom stereocenters. The first-order valence-electron chi connectivity index (χ1n) is 9.84. The monoisotopic (exact) mass is 436 g/mol. The van der Waals surface area contributed by atoms with E-state index < -0.39 is 10.0 Å². The van der Waals surface area contributed by atoms with E-state index in [1.54, 1.807) is 36.5 Å². The Morgan fingerprint density at radius 3 is 2.55 bits per heavy atom. The Morgan fingerprint density at radius 2 is 1.81 bits per heavy atom. The number of hydrogen-bond donors (Lipinski definition) is 2. The number of anilines is 1. The normalized spacial score (nSPS) is 15.2. The molecule has 31 heavy (non-hydrogen) atoms. The number of benzene rings is 2. The zero-order valence-corrected chi connectivity index (χ0v) is 17.4. The summed E-state index contributed by atoms with van der Waals surface area (Å²) in [4.78, 5) is 17.1. The highest BCUT2D eigenvalue weighted by Crippen LogP contribution is 2.28.